The number of carbonyl (C=O) groups excluding carboxylic acids is 3. The lowest BCUT2D eigenvalue weighted by Gasteiger charge is -2.39. The van der Waals surface area contributed by atoms with Crippen LogP contribution in [0.3, 0.4) is 0 Å². The molecule has 0 saturated carbocycles. The maximum absolute atomic E-state index is 12.9. The van der Waals surface area contributed by atoms with Crippen molar-refractivity contribution < 1.29 is 14.4 Å². The zero-order valence-corrected chi connectivity index (χ0v) is 16.3. The molecule has 6 nitrogen and oxygen atoms in total. The highest BCUT2D eigenvalue weighted by molar-refractivity contribution is 5.79. The normalized spacial score (nSPS) is 19.0. The highest BCUT2D eigenvalue weighted by atomic mass is 16.2. The second-order valence-electron chi connectivity index (χ2n) is 7.66. The molecule has 0 bridgehead atoms. The second kappa shape index (κ2) is 8.55. The lowest BCUT2D eigenvalue weighted by molar-refractivity contribution is -0.138. The van der Waals surface area contributed by atoms with E-state index in [9.17, 15) is 14.4 Å². The first kappa shape index (κ1) is 19.4. The summed E-state index contributed by atoms with van der Waals surface area (Å²) < 4.78 is 0. The van der Waals surface area contributed by atoms with E-state index in [2.05, 4.69) is 4.90 Å². The fourth-order valence-corrected chi connectivity index (χ4v) is 4.14. The van der Waals surface area contributed by atoms with Crippen molar-refractivity contribution in [2.24, 2.45) is 5.92 Å². The van der Waals surface area contributed by atoms with Gasteiger partial charge in [0.1, 0.15) is 6.29 Å². The Morgan fingerprint density at radius 3 is 2.11 bits per heavy atom. The minimum atomic E-state index is 0.0910. The zero-order valence-electron chi connectivity index (χ0n) is 16.3. The largest absolute Gasteiger partial charge is 0.371 e. The molecule has 0 spiro atoms. The first-order valence-electron chi connectivity index (χ1n) is 9.82. The number of aldehydes is 1. The van der Waals surface area contributed by atoms with Crippen LogP contribution in [-0.4, -0.2) is 67.2 Å². The molecule has 1 aromatic rings. The van der Waals surface area contributed by atoms with Gasteiger partial charge in [0, 0.05) is 63.4 Å². The van der Waals surface area contributed by atoms with Crippen LogP contribution >= 0.6 is 0 Å². The first-order chi connectivity index (χ1) is 13.0. The zero-order chi connectivity index (χ0) is 19.4. The van der Waals surface area contributed by atoms with E-state index in [0.29, 0.717) is 5.56 Å². The van der Waals surface area contributed by atoms with Gasteiger partial charge < -0.3 is 14.7 Å². The third-order valence-corrected chi connectivity index (χ3v) is 6.06. The Morgan fingerprint density at radius 1 is 1.00 bits per heavy atom. The molecule has 1 aromatic carbocycles. The van der Waals surface area contributed by atoms with Crippen LogP contribution in [-0.2, 0) is 9.59 Å². The number of hydrogen-bond acceptors (Lipinski definition) is 4. The predicted octanol–water partition coefficient (Wildman–Crippen LogP) is 2.18. The number of anilines is 1. The molecule has 0 unspecified atom stereocenters. The lowest BCUT2D eigenvalue weighted by atomic mass is 9.93. The van der Waals surface area contributed by atoms with E-state index >= 15 is 0 Å². The molecule has 2 heterocycles. The number of hydrogen-bond donors (Lipinski definition) is 0. The van der Waals surface area contributed by atoms with Gasteiger partial charge in [-0.05, 0) is 49.9 Å². The minimum Gasteiger partial charge on any atom is -0.371 e. The fraction of sp³-hybridized carbons (Fsp3) is 0.571. The Labute approximate surface area is 161 Å². The van der Waals surface area contributed by atoms with Gasteiger partial charge in [-0.1, -0.05) is 0 Å². The number of benzene rings is 1. The Balaban J connectivity index is 1.48. The molecular formula is C21H29N3O3. The van der Waals surface area contributed by atoms with Crippen LogP contribution in [0.15, 0.2) is 24.3 Å². The monoisotopic (exact) mass is 371 g/mol. The number of carbonyl (C=O) groups is 3. The smallest absolute Gasteiger partial charge is 0.225 e. The molecule has 2 amide bonds. The number of nitrogens with zero attached hydrogens (tertiary/aromatic N) is 3. The van der Waals surface area contributed by atoms with Gasteiger partial charge in [-0.3, -0.25) is 14.4 Å². The van der Waals surface area contributed by atoms with E-state index in [4.69, 9.17) is 0 Å². The molecule has 0 aromatic heterocycles. The molecule has 2 aliphatic heterocycles. The number of rotatable bonds is 4. The molecule has 0 atom stereocenters. The molecule has 146 valence electrons. The Bertz CT molecular complexity index is 672. The number of amides is 2. The van der Waals surface area contributed by atoms with Crippen LogP contribution in [0.2, 0.25) is 0 Å². The van der Waals surface area contributed by atoms with E-state index in [1.165, 1.54) is 0 Å². The summed E-state index contributed by atoms with van der Waals surface area (Å²) in [6.45, 7) is 4.81. The number of likely N-dealkylation sites (tertiary alicyclic amines) is 1. The SMILES string of the molecule is CC(=O)N(C)C1CCN(C(=O)C2CCN(c3ccc(C=O)cc3)CC2)CC1. The van der Waals surface area contributed by atoms with E-state index < -0.39 is 0 Å². The second-order valence-corrected chi connectivity index (χ2v) is 7.66. The van der Waals surface area contributed by atoms with Gasteiger partial charge in [0.05, 0.1) is 0 Å². The predicted molar refractivity (Wildman–Crippen MR) is 105 cm³/mol. The topological polar surface area (TPSA) is 60.9 Å². The molecule has 3 rings (SSSR count). The summed E-state index contributed by atoms with van der Waals surface area (Å²) in [7, 11) is 1.85. The third-order valence-electron chi connectivity index (χ3n) is 6.06. The molecule has 27 heavy (non-hydrogen) atoms. The summed E-state index contributed by atoms with van der Waals surface area (Å²) in [6.07, 6.45) is 4.31. The molecule has 6 heteroatoms. The van der Waals surface area contributed by atoms with Crippen molar-refractivity contribution in [2.75, 3.05) is 38.1 Å². The maximum atomic E-state index is 12.9. The molecule has 0 aliphatic carbocycles. The standard InChI is InChI=1S/C21H29N3O3/c1-16(26)22(2)19-9-13-24(14-10-19)21(27)18-7-11-23(12-8-18)20-5-3-17(15-25)4-6-20/h3-6,15,18-19H,7-14H2,1-2H3. The molecular weight excluding hydrogens is 342 g/mol. The average molecular weight is 371 g/mol. The van der Waals surface area contributed by atoms with Crippen LogP contribution in [0.1, 0.15) is 43.0 Å². The summed E-state index contributed by atoms with van der Waals surface area (Å²) in [5.41, 5.74) is 1.79. The summed E-state index contributed by atoms with van der Waals surface area (Å²) in [5.74, 6) is 0.459. The van der Waals surface area contributed by atoms with Gasteiger partial charge in [-0.25, -0.2) is 0 Å². The van der Waals surface area contributed by atoms with Gasteiger partial charge in [0.2, 0.25) is 11.8 Å². The van der Waals surface area contributed by atoms with Crippen molar-refractivity contribution in [1.29, 1.82) is 0 Å². The Kier molecular flexibility index (Phi) is 6.14. The van der Waals surface area contributed by atoms with Crippen LogP contribution in [0.25, 0.3) is 0 Å². The van der Waals surface area contributed by atoms with Crippen molar-refractivity contribution in [2.45, 2.75) is 38.6 Å². The maximum Gasteiger partial charge on any atom is 0.225 e. The van der Waals surface area contributed by atoms with Crippen molar-refractivity contribution in [1.82, 2.24) is 9.80 Å². The van der Waals surface area contributed by atoms with Gasteiger partial charge in [0.25, 0.3) is 0 Å². The number of piperidine rings is 2. The highest BCUT2D eigenvalue weighted by Gasteiger charge is 2.32. The Hall–Kier alpha value is -2.37. The van der Waals surface area contributed by atoms with Crippen molar-refractivity contribution in [3.63, 3.8) is 0 Å². The fourth-order valence-electron chi connectivity index (χ4n) is 4.14. The van der Waals surface area contributed by atoms with E-state index in [-0.39, 0.29) is 23.8 Å². The van der Waals surface area contributed by atoms with Crippen LogP contribution in [0, 0.1) is 5.92 Å². The van der Waals surface area contributed by atoms with Gasteiger partial charge >= 0.3 is 0 Å². The molecule has 0 radical (unpaired) electrons. The van der Waals surface area contributed by atoms with Gasteiger partial charge in [-0.2, -0.15) is 0 Å². The highest BCUT2D eigenvalue weighted by Crippen LogP contribution is 2.26. The summed E-state index contributed by atoms with van der Waals surface area (Å²) >= 11 is 0. The molecule has 0 N–H and O–H groups in total. The molecule has 2 aliphatic rings. The van der Waals surface area contributed by atoms with Crippen molar-refractivity contribution in [3.05, 3.63) is 29.8 Å². The van der Waals surface area contributed by atoms with Gasteiger partial charge in [-0.15, -0.1) is 0 Å². The summed E-state index contributed by atoms with van der Waals surface area (Å²) in [4.78, 5) is 41.2. The van der Waals surface area contributed by atoms with E-state index in [1.807, 2.05) is 36.2 Å². The van der Waals surface area contributed by atoms with Crippen molar-refractivity contribution >= 4 is 23.8 Å². The average Bonchev–Trinajstić information content (AvgIpc) is 2.73. The third kappa shape index (κ3) is 4.49. The summed E-state index contributed by atoms with van der Waals surface area (Å²) in [6, 6.07) is 7.87. The van der Waals surface area contributed by atoms with Crippen LogP contribution in [0.5, 0.6) is 0 Å². The van der Waals surface area contributed by atoms with Crippen LogP contribution < -0.4 is 4.90 Å². The van der Waals surface area contributed by atoms with Gasteiger partial charge in [0.15, 0.2) is 0 Å². The Morgan fingerprint density at radius 2 is 1.59 bits per heavy atom. The first-order valence-corrected chi connectivity index (χ1v) is 9.82. The minimum absolute atomic E-state index is 0.0910. The molecule has 2 fully saturated rings. The summed E-state index contributed by atoms with van der Waals surface area (Å²) in [5, 5.41) is 0. The molecule has 2 saturated heterocycles. The van der Waals surface area contributed by atoms with Crippen LogP contribution in [0.4, 0.5) is 5.69 Å². The quantitative estimate of drug-likeness (QED) is 0.761. The van der Waals surface area contributed by atoms with E-state index in [1.54, 1.807) is 11.8 Å². The van der Waals surface area contributed by atoms with E-state index in [0.717, 1.165) is 63.8 Å². The van der Waals surface area contributed by atoms with Crippen molar-refractivity contribution in [3.8, 4) is 0 Å². The lowest BCUT2D eigenvalue weighted by Crippen LogP contribution is -2.49.